The molecule has 1 N–H and O–H groups in total. The van der Waals surface area contributed by atoms with Gasteiger partial charge in [-0.1, -0.05) is 72.4 Å². The standard InChI is InChI=1S/C21H19N3O2S/c25-17-11-12-18(26)24(17)13-14-27-21-22-19(15-7-3-1-4-8-15)20(23-21)16-9-5-2-6-10-16/h1-10H,11-14H2,(H,22,23). The summed E-state index contributed by atoms with van der Waals surface area (Å²) >= 11 is 1.52. The van der Waals surface area contributed by atoms with Crippen LogP contribution in [-0.2, 0) is 9.59 Å². The SMILES string of the molecule is O=C1CCC(=O)N1CCSc1nc(-c2ccccc2)c(-c2ccccc2)[nH]1. The van der Waals surface area contributed by atoms with Gasteiger partial charge in [-0.25, -0.2) is 4.98 Å². The highest BCUT2D eigenvalue weighted by molar-refractivity contribution is 7.99. The second-order valence-corrected chi connectivity index (χ2v) is 7.37. The Morgan fingerprint density at radius 3 is 2.11 bits per heavy atom. The number of hydrogen-bond donors (Lipinski definition) is 1. The first-order valence-electron chi connectivity index (χ1n) is 8.89. The third-order valence-corrected chi connectivity index (χ3v) is 5.35. The minimum atomic E-state index is -0.0741. The molecule has 5 nitrogen and oxygen atoms in total. The maximum Gasteiger partial charge on any atom is 0.229 e. The van der Waals surface area contributed by atoms with Crippen LogP contribution in [0.15, 0.2) is 65.8 Å². The number of thioether (sulfide) groups is 1. The summed E-state index contributed by atoms with van der Waals surface area (Å²) in [5, 5.41) is 0.784. The molecule has 1 aliphatic rings. The fourth-order valence-electron chi connectivity index (χ4n) is 3.14. The molecule has 0 saturated carbocycles. The zero-order chi connectivity index (χ0) is 18.6. The number of amides is 2. The fraction of sp³-hybridized carbons (Fsp3) is 0.190. The average Bonchev–Trinajstić information content (AvgIpc) is 3.28. The van der Waals surface area contributed by atoms with Crippen LogP contribution in [0.3, 0.4) is 0 Å². The first kappa shape index (κ1) is 17.5. The molecule has 1 saturated heterocycles. The van der Waals surface area contributed by atoms with Gasteiger partial charge >= 0.3 is 0 Å². The Bertz CT molecular complexity index is 881. The van der Waals surface area contributed by atoms with Crippen LogP contribution < -0.4 is 0 Å². The van der Waals surface area contributed by atoms with Gasteiger partial charge in [0, 0.05) is 36.3 Å². The first-order chi connectivity index (χ1) is 13.2. The number of aromatic amines is 1. The molecule has 2 amide bonds. The first-order valence-corrected chi connectivity index (χ1v) is 9.88. The molecule has 0 atom stereocenters. The molecule has 0 aliphatic carbocycles. The molecule has 2 aromatic carbocycles. The predicted molar refractivity (Wildman–Crippen MR) is 106 cm³/mol. The highest BCUT2D eigenvalue weighted by Crippen LogP contribution is 2.32. The summed E-state index contributed by atoms with van der Waals surface area (Å²) in [6, 6.07) is 20.2. The van der Waals surface area contributed by atoms with E-state index in [1.807, 2.05) is 48.5 Å². The van der Waals surface area contributed by atoms with Crippen molar-refractivity contribution in [3.8, 4) is 22.5 Å². The zero-order valence-electron chi connectivity index (χ0n) is 14.7. The molecule has 27 heavy (non-hydrogen) atoms. The number of nitrogens with one attached hydrogen (secondary N) is 1. The number of hydrogen-bond acceptors (Lipinski definition) is 4. The van der Waals surface area contributed by atoms with Crippen LogP contribution in [0, 0.1) is 0 Å². The van der Waals surface area contributed by atoms with Gasteiger partial charge in [0.2, 0.25) is 11.8 Å². The molecular formula is C21H19N3O2S. The van der Waals surface area contributed by atoms with Crippen LogP contribution in [0.4, 0.5) is 0 Å². The van der Waals surface area contributed by atoms with Crippen LogP contribution in [0.5, 0.6) is 0 Å². The average molecular weight is 377 g/mol. The van der Waals surface area contributed by atoms with Gasteiger partial charge in [0.15, 0.2) is 5.16 Å². The predicted octanol–water partition coefficient (Wildman–Crippen LogP) is 3.98. The van der Waals surface area contributed by atoms with Gasteiger partial charge in [-0.05, 0) is 0 Å². The minimum Gasteiger partial charge on any atom is -0.332 e. The van der Waals surface area contributed by atoms with E-state index in [9.17, 15) is 9.59 Å². The molecular weight excluding hydrogens is 358 g/mol. The maximum atomic E-state index is 11.7. The van der Waals surface area contributed by atoms with Crippen molar-refractivity contribution in [2.75, 3.05) is 12.3 Å². The van der Waals surface area contributed by atoms with Gasteiger partial charge in [0.05, 0.1) is 11.4 Å². The molecule has 1 aromatic heterocycles. The molecule has 1 aliphatic heterocycles. The molecule has 0 bridgehead atoms. The number of carbonyl (C=O) groups excluding carboxylic acids is 2. The second-order valence-electron chi connectivity index (χ2n) is 6.29. The van der Waals surface area contributed by atoms with E-state index in [-0.39, 0.29) is 11.8 Å². The topological polar surface area (TPSA) is 66.1 Å². The van der Waals surface area contributed by atoms with Gasteiger partial charge < -0.3 is 4.98 Å². The Morgan fingerprint density at radius 1 is 0.889 bits per heavy atom. The number of imide groups is 1. The number of benzene rings is 2. The van der Waals surface area contributed by atoms with E-state index in [0.717, 1.165) is 27.7 Å². The molecule has 1 fully saturated rings. The van der Waals surface area contributed by atoms with E-state index in [0.29, 0.717) is 25.1 Å². The van der Waals surface area contributed by atoms with Crippen LogP contribution in [0.2, 0.25) is 0 Å². The lowest BCUT2D eigenvalue weighted by Crippen LogP contribution is -2.31. The lowest BCUT2D eigenvalue weighted by molar-refractivity contribution is -0.137. The van der Waals surface area contributed by atoms with Crippen molar-refractivity contribution in [1.82, 2.24) is 14.9 Å². The number of aromatic nitrogens is 2. The van der Waals surface area contributed by atoms with E-state index >= 15 is 0 Å². The third-order valence-electron chi connectivity index (χ3n) is 4.50. The van der Waals surface area contributed by atoms with Crippen molar-refractivity contribution >= 4 is 23.6 Å². The Hall–Kier alpha value is -2.86. The molecule has 136 valence electrons. The lowest BCUT2D eigenvalue weighted by Gasteiger charge is -2.12. The van der Waals surface area contributed by atoms with Crippen LogP contribution >= 0.6 is 11.8 Å². The molecule has 0 unspecified atom stereocenters. The van der Waals surface area contributed by atoms with E-state index < -0.39 is 0 Å². The summed E-state index contributed by atoms with van der Waals surface area (Å²) in [5.41, 5.74) is 3.99. The minimum absolute atomic E-state index is 0.0741. The van der Waals surface area contributed by atoms with Crippen molar-refractivity contribution in [2.45, 2.75) is 18.0 Å². The monoisotopic (exact) mass is 377 g/mol. The largest absolute Gasteiger partial charge is 0.332 e. The number of rotatable bonds is 6. The van der Waals surface area contributed by atoms with Crippen molar-refractivity contribution in [2.24, 2.45) is 0 Å². The summed E-state index contributed by atoms with van der Waals surface area (Å²) in [6.07, 6.45) is 0.668. The van der Waals surface area contributed by atoms with E-state index in [1.165, 1.54) is 16.7 Å². The Morgan fingerprint density at radius 2 is 1.48 bits per heavy atom. The van der Waals surface area contributed by atoms with Gasteiger partial charge in [-0.2, -0.15) is 0 Å². The number of H-pyrrole nitrogens is 1. The number of likely N-dealkylation sites (tertiary alicyclic amines) is 1. The smallest absolute Gasteiger partial charge is 0.229 e. The highest BCUT2D eigenvalue weighted by Gasteiger charge is 2.28. The third kappa shape index (κ3) is 3.80. The number of carbonyl (C=O) groups is 2. The van der Waals surface area contributed by atoms with Crippen LogP contribution in [0.1, 0.15) is 12.8 Å². The molecule has 0 radical (unpaired) electrons. The quantitative estimate of drug-likeness (QED) is 0.521. The van der Waals surface area contributed by atoms with Gasteiger partial charge in [-0.15, -0.1) is 0 Å². The van der Waals surface area contributed by atoms with E-state index in [1.54, 1.807) is 0 Å². The van der Waals surface area contributed by atoms with Crippen LogP contribution in [0.25, 0.3) is 22.5 Å². The van der Waals surface area contributed by atoms with Gasteiger partial charge in [-0.3, -0.25) is 14.5 Å². The fourth-order valence-corrected chi connectivity index (χ4v) is 3.94. The zero-order valence-corrected chi connectivity index (χ0v) is 15.5. The normalized spacial score (nSPS) is 14.1. The number of imidazole rings is 1. The second kappa shape index (κ2) is 7.80. The van der Waals surface area contributed by atoms with Crippen molar-refractivity contribution in [3.05, 3.63) is 60.7 Å². The van der Waals surface area contributed by atoms with Crippen LogP contribution in [-0.4, -0.2) is 39.0 Å². The van der Waals surface area contributed by atoms with Gasteiger partial charge in [0.1, 0.15) is 0 Å². The van der Waals surface area contributed by atoms with E-state index in [4.69, 9.17) is 4.98 Å². The lowest BCUT2D eigenvalue weighted by atomic mass is 10.1. The summed E-state index contributed by atoms with van der Waals surface area (Å²) in [4.78, 5) is 33.0. The van der Waals surface area contributed by atoms with Gasteiger partial charge in [0.25, 0.3) is 0 Å². The van der Waals surface area contributed by atoms with Crippen molar-refractivity contribution in [3.63, 3.8) is 0 Å². The molecule has 3 aromatic rings. The summed E-state index contributed by atoms with van der Waals surface area (Å²) in [5.74, 6) is 0.470. The van der Waals surface area contributed by atoms with Crippen molar-refractivity contribution in [1.29, 1.82) is 0 Å². The molecule has 0 spiro atoms. The summed E-state index contributed by atoms with van der Waals surface area (Å²) < 4.78 is 0. The highest BCUT2D eigenvalue weighted by atomic mass is 32.2. The molecule has 6 heteroatoms. The molecule has 4 rings (SSSR count). The Balaban J connectivity index is 1.56. The molecule has 2 heterocycles. The summed E-state index contributed by atoms with van der Waals surface area (Å²) in [6.45, 7) is 0.421. The maximum absolute atomic E-state index is 11.7. The Kier molecular flexibility index (Phi) is 5.07. The van der Waals surface area contributed by atoms with Crippen molar-refractivity contribution < 1.29 is 9.59 Å². The van der Waals surface area contributed by atoms with E-state index in [2.05, 4.69) is 17.1 Å². The Labute approximate surface area is 161 Å². The number of nitrogens with zero attached hydrogens (tertiary/aromatic N) is 2. The summed E-state index contributed by atoms with van der Waals surface area (Å²) in [7, 11) is 0.